The molecule has 1 fully saturated rings. The molecule has 22 heavy (non-hydrogen) atoms. The van der Waals surface area contributed by atoms with Crippen LogP contribution in [-0.2, 0) is 16.0 Å². The summed E-state index contributed by atoms with van der Waals surface area (Å²) in [6.07, 6.45) is 2.38. The molecule has 2 aliphatic rings. The minimum Gasteiger partial charge on any atom is -0.481 e. The van der Waals surface area contributed by atoms with E-state index in [1.54, 1.807) is 17.0 Å². The smallest absolute Gasteiger partial charge is 0.308 e. The Bertz CT molecular complexity index is 641. The molecule has 2 heterocycles. The SMILES string of the molecule is O=C1CCc2cc(C(=O)N3CCC[C@H](C(=O)O)C3)ccc2N1. The van der Waals surface area contributed by atoms with E-state index in [0.29, 0.717) is 37.8 Å². The van der Waals surface area contributed by atoms with Gasteiger partial charge in [0.25, 0.3) is 5.91 Å². The van der Waals surface area contributed by atoms with Gasteiger partial charge in [0.2, 0.25) is 5.91 Å². The Morgan fingerprint density at radius 3 is 2.86 bits per heavy atom. The summed E-state index contributed by atoms with van der Waals surface area (Å²) in [5.74, 6) is -1.46. The number of nitrogens with zero attached hydrogens (tertiary/aromatic N) is 1. The van der Waals surface area contributed by atoms with E-state index in [4.69, 9.17) is 5.11 Å². The average molecular weight is 302 g/mol. The summed E-state index contributed by atoms with van der Waals surface area (Å²) in [6.45, 7) is 0.860. The number of aryl methyl sites for hydroxylation is 1. The van der Waals surface area contributed by atoms with Gasteiger partial charge in [-0.15, -0.1) is 0 Å². The highest BCUT2D eigenvalue weighted by Gasteiger charge is 2.29. The fourth-order valence-corrected chi connectivity index (χ4v) is 3.06. The fourth-order valence-electron chi connectivity index (χ4n) is 3.06. The predicted octanol–water partition coefficient (Wildman–Crippen LogP) is 1.51. The first-order valence-electron chi connectivity index (χ1n) is 7.49. The van der Waals surface area contributed by atoms with Crippen molar-refractivity contribution in [1.82, 2.24) is 4.90 Å². The highest BCUT2D eigenvalue weighted by atomic mass is 16.4. The summed E-state index contributed by atoms with van der Waals surface area (Å²) in [6, 6.07) is 5.25. The minimum atomic E-state index is -0.842. The molecule has 0 radical (unpaired) electrons. The largest absolute Gasteiger partial charge is 0.481 e. The Labute approximate surface area is 128 Å². The molecule has 6 nitrogen and oxygen atoms in total. The predicted molar refractivity (Wildman–Crippen MR) is 79.7 cm³/mol. The van der Waals surface area contributed by atoms with Crippen molar-refractivity contribution in [3.05, 3.63) is 29.3 Å². The van der Waals surface area contributed by atoms with E-state index in [1.807, 2.05) is 6.07 Å². The quantitative estimate of drug-likeness (QED) is 0.867. The minimum absolute atomic E-state index is 0.00749. The zero-order valence-electron chi connectivity index (χ0n) is 12.2. The third-order valence-corrected chi connectivity index (χ3v) is 4.31. The van der Waals surface area contributed by atoms with Gasteiger partial charge in [0.1, 0.15) is 0 Å². The van der Waals surface area contributed by atoms with Gasteiger partial charge in [-0.1, -0.05) is 0 Å². The second-order valence-corrected chi connectivity index (χ2v) is 5.85. The second-order valence-electron chi connectivity index (χ2n) is 5.85. The zero-order valence-corrected chi connectivity index (χ0v) is 12.2. The number of benzene rings is 1. The van der Waals surface area contributed by atoms with Crippen LogP contribution >= 0.6 is 0 Å². The molecule has 0 aliphatic carbocycles. The highest BCUT2D eigenvalue weighted by molar-refractivity contribution is 5.98. The van der Waals surface area contributed by atoms with Crippen LogP contribution < -0.4 is 5.32 Å². The van der Waals surface area contributed by atoms with E-state index < -0.39 is 11.9 Å². The van der Waals surface area contributed by atoms with E-state index in [9.17, 15) is 14.4 Å². The van der Waals surface area contributed by atoms with Crippen LogP contribution in [-0.4, -0.2) is 40.9 Å². The topological polar surface area (TPSA) is 86.7 Å². The fraction of sp³-hybridized carbons (Fsp3) is 0.438. The summed E-state index contributed by atoms with van der Waals surface area (Å²) in [5, 5.41) is 11.9. The van der Waals surface area contributed by atoms with Gasteiger partial charge < -0.3 is 15.3 Å². The Kier molecular flexibility index (Phi) is 3.83. The number of aliphatic carboxylic acids is 1. The number of hydrogen-bond acceptors (Lipinski definition) is 3. The molecule has 1 atom stereocenters. The summed E-state index contributed by atoms with van der Waals surface area (Å²) >= 11 is 0. The summed E-state index contributed by atoms with van der Waals surface area (Å²) < 4.78 is 0. The molecule has 2 aliphatic heterocycles. The van der Waals surface area contributed by atoms with E-state index in [0.717, 1.165) is 11.3 Å². The van der Waals surface area contributed by atoms with Gasteiger partial charge >= 0.3 is 5.97 Å². The highest BCUT2D eigenvalue weighted by Crippen LogP contribution is 2.25. The Morgan fingerprint density at radius 1 is 1.27 bits per heavy atom. The number of carbonyl (C=O) groups excluding carboxylic acids is 2. The molecule has 0 bridgehead atoms. The van der Waals surface area contributed by atoms with Crippen molar-refractivity contribution in [2.45, 2.75) is 25.7 Å². The van der Waals surface area contributed by atoms with E-state index in [2.05, 4.69) is 5.32 Å². The summed E-state index contributed by atoms with van der Waals surface area (Å²) in [5.41, 5.74) is 2.27. The van der Waals surface area contributed by atoms with Crippen LogP contribution in [0.4, 0.5) is 5.69 Å². The lowest BCUT2D eigenvalue weighted by molar-refractivity contribution is -0.143. The zero-order chi connectivity index (χ0) is 15.7. The van der Waals surface area contributed by atoms with Crippen LogP contribution in [0.5, 0.6) is 0 Å². The maximum atomic E-state index is 12.6. The second kappa shape index (κ2) is 5.79. The van der Waals surface area contributed by atoms with E-state index in [1.165, 1.54) is 0 Å². The van der Waals surface area contributed by atoms with Crippen molar-refractivity contribution in [1.29, 1.82) is 0 Å². The molecule has 2 N–H and O–H groups in total. The number of likely N-dealkylation sites (tertiary alicyclic amines) is 1. The summed E-state index contributed by atoms with van der Waals surface area (Å²) in [7, 11) is 0. The molecule has 0 spiro atoms. The number of anilines is 1. The average Bonchev–Trinajstić information content (AvgIpc) is 2.53. The van der Waals surface area contributed by atoms with Gasteiger partial charge in [-0.05, 0) is 43.0 Å². The molecule has 6 heteroatoms. The van der Waals surface area contributed by atoms with Crippen molar-refractivity contribution >= 4 is 23.5 Å². The molecular weight excluding hydrogens is 284 g/mol. The molecule has 1 saturated heterocycles. The molecule has 0 unspecified atom stereocenters. The maximum absolute atomic E-state index is 12.6. The molecule has 0 aromatic heterocycles. The van der Waals surface area contributed by atoms with Gasteiger partial charge in [0.15, 0.2) is 0 Å². The number of carboxylic acids is 1. The van der Waals surface area contributed by atoms with Crippen LogP contribution in [0.1, 0.15) is 35.2 Å². The van der Waals surface area contributed by atoms with Crippen LogP contribution in [0.25, 0.3) is 0 Å². The Morgan fingerprint density at radius 2 is 2.09 bits per heavy atom. The first-order valence-corrected chi connectivity index (χ1v) is 7.49. The Hall–Kier alpha value is -2.37. The lowest BCUT2D eigenvalue weighted by atomic mass is 9.96. The lowest BCUT2D eigenvalue weighted by Crippen LogP contribution is -2.42. The molecule has 116 valence electrons. The molecule has 0 saturated carbocycles. The number of carbonyl (C=O) groups is 3. The van der Waals surface area contributed by atoms with Gasteiger partial charge in [-0.3, -0.25) is 14.4 Å². The van der Waals surface area contributed by atoms with Crippen molar-refractivity contribution in [2.24, 2.45) is 5.92 Å². The van der Waals surface area contributed by atoms with Crippen LogP contribution in [0.2, 0.25) is 0 Å². The van der Waals surface area contributed by atoms with Gasteiger partial charge in [-0.25, -0.2) is 0 Å². The molecule has 1 aromatic carbocycles. The monoisotopic (exact) mass is 302 g/mol. The molecular formula is C16H18N2O4. The third kappa shape index (κ3) is 2.81. The van der Waals surface area contributed by atoms with Gasteiger partial charge in [-0.2, -0.15) is 0 Å². The first kappa shape index (κ1) is 14.6. The van der Waals surface area contributed by atoms with Crippen LogP contribution in [0, 0.1) is 5.92 Å². The number of carboxylic acid groups (broad SMARTS) is 1. The van der Waals surface area contributed by atoms with Crippen molar-refractivity contribution in [3.8, 4) is 0 Å². The van der Waals surface area contributed by atoms with E-state index >= 15 is 0 Å². The number of fused-ring (bicyclic) bond motifs is 1. The summed E-state index contributed by atoms with van der Waals surface area (Å²) in [4.78, 5) is 36.6. The van der Waals surface area contributed by atoms with Gasteiger partial charge in [0.05, 0.1) is 5.92 Å². The first-order chi connectivity index (χ1) is 10.5. The maximum Gasteiger partial charge on any atom is 0.308 e. The van der Waals surface area contributed by atoms with Gasteiger partial charge in [0, 0.05) is 30.8 Å². The molecule has 2 amide bonds. The molecule has 1 aromatic rings. The number of amides is 2. The normalized spacial score (nSPS) is 21.0. The van der Waals surface area contributed by atoms with Crippen molar-refractivity contribution in [2.75, 3.05) is 18.4 Å². The van der Waals surface area contributed by atoms with Crippen molar-refractivity contribution in [3.63, 3.8) is 0 Å². The number of hydrogen-bond donors (Lipinski definition) is 2. The third-order valence-electron chi connectivity index (χ3n) is 4.31. The van der Waals surface area contributed by atoms with Crippen LogP contribution in [0.15, 0.2) is 18.2 Å². The standard InChI is InChI=1S/C16H18N2O4/c19-14-6-4-10-8-11(3-5-13(10)17-14)15(20)18-7-1-2-12(9-18)16(21)22/h3,5,8,12H,1-2,4,6-7,9H2,(H,17,19)(H,21,22)/t12-/m0/s1. The molecule has 3 rings (SSSR count). The van der Waals surface area contributed by atoms with Crippen LogP contribution in [0.3, 0.4) is 0 Å². The number of piperidine rings is 1. The van der Waals surface area contributed by atoms with E-state index in [-0.39, 0.29) is 18.4 Å². The van der Waals surface area contributed by atoms with Crippen molar-refractivity contribution < 1.29 is 19.5 Å². The lowest BCUT2D eigenvalue weighted by Gasteiger charge is -2.31. The number of nitrogens with one attached hydrogen (secondary N) is 1. The number of rotatable bonds is 2. The Balaban J connectivity index is 1.77.